The smallest absolute Gasteiger partial charge is 0.243 e. The van der Waals surface area contributed by atoms with Crippen molar-refractivity contribution in [3.63, 3.8) is 0 Å². The van der Waals surface area contributed by atoms with E-state index in [9.17, 15) is 9.59 Å². The summed E-state index contributed by atoms with van der Waals surface area (Å²) in [7, 11) is 0. The summed E-state index contributed by atoms with van der Waals surface area (Å²) in [4.78, 5) is 27.8. The van der Waals surface area contributed by atoms with Gasteiger partial charge in [0.2, 0.25) is 11.8 Å². The molecule has 0 saturated carbocycles. The lowest BCUT2D eigenvalue weighted by Crippen LogP contribution is -2.51. The number of hydrogen-bond acceptors (Lipinski definition) is 3. The second kappa shape index (κ2) is 12.7. The molecule has 4 nitrogen and oxygen atoms in total. The van der Waals surface area contributed by atoms with Crippen LogP contribution >= 0.6 is 23.4 Å². The number of amides is 2. The second-order valence-electron chi connectivity index (χ2n) is 7.33. The molecule has 0 spiro atoms. The van der Waals surface area contributed by atoms with Gasteiger partial charge in [-0.3, -0.25) is 9.59 Å². The third-order valence-electron chi connectivity index (χ3n) is 5.02. The van der Waals surface area contributed by atoms with Gasteiger partial charge in [0.25, 0.3) is 0 Å². The highest BCUT2D eigenvalue weighted by Crippen LogP contribution is 2.21. The molecular weight excluding hydrogens is 416 g/mol. The third kappa shape index (κ3) is 7.37. The molecule has 0 aliphatic rings. The molecule has 2 amide bonds. The number of nitrogens with zero attached hydrogens (tertiary/aromatic N) is 1. The molecule has 30 heavy (non-hydrogen) atoms. The first-order valence-electron chi connectivity index (χ1n) is 10.4. The Bertz CT molecular complexity index is 816. The Morgan fingerprint density at radius 1 is 1.03 bits per heavy atom. The summed E-state index contributed by atoms with van der Waals surface area (Å²) in [5.41, 5.74) is 2.02. The maximum atomic E-state index is 13.2. The molecular formula is C24H31ClN2O2S. The van der Waals surface area contributed by atoms with Gasteiger partial charge in [-0.1, -0.05) is 74.0 Å². The van der Waals surface area contributed by atoms with Crippen LogP contribution in [-0.4, -0.2) is 34.6 Å². The van der Waals surface area contributed by atoms with Gasteiger partial charge in [-0.25, -0.2) is 0 Å². The van der Waals surface area contributed by atoms with Gasteiger partial charge in [0.05, 0.1) is 5.75 Å². The van der Waals surface area contributed by atoms with Gasteiger partial charge < -0.3 is 10.2 Å². The van der Waals surface area contributed by atoms with E-state index in [4.69, 9.17) is 11.6 Å². The standard InChI is InChI=1S/C24H31ClN2O2S/c1-4-18(3)26-24(29)22(5-2)27(15-20-13-9-10-14-21(20)25)23(28)17-30-16-19-11-7-6-8-12-19/h6-14,18,22H,4-5,15-17H2,1-3H3,(H,26,29)/t18-,22-/m1/s1. The van der Waals surface area contributed by atoms with Crippen molar-refractivity contribution in [1.29, 1.82) is 0 Å². The van der Waals surface area contributed by atoms with E-state index in [1.54, 1.807) is 16.7 Å². The molecule has 2 aromatic rings. The molecule has 0 radical (unpaired) electrons. The van der Waals surface area contributed by atoms with E-state index in [1.165, 1.54) is 5.56 Å². The fourth-order valence-corrected chi connectivity index (χ4v) is 4.15. The van der Waals surface area contributed by atoms with Gasteiger partial charge in [0.1, 0.15) is 6.04 Å². The van der Waals surface area contributed by atoms with Crippen molar-refractivity contribution in [3.8, 4) is 0 Å². The molecule has 0 aliphatic heterocycles. The lowest BCUT2D eigenvalue weighted by Gasteiger charge is -2.31. The highest BCUT2D eigenvalue weighted by molar-refractivity contribution is 7.99. The van der Waals surface area contributed by atoms with Crippen LogP contribution in [0.5, 0.6) is 0 Å². The van der Waals surface area contributed by atoms with Crippen molar-refractivity contribution in [2.45, 2.75) is 58.0 Å². The van der Waals surface area contributed by atoms with Crippen LogP contribution in [0.4, 0.5) is 0 Å². The summed E-state index contributed by atoms with van der Waals surface area (Å²) < 4.78 is 0. The van der Waals surface area contributed by atoms with Crippen LogP contribution in [0.1, 0.15) is 44.7 Å². The molecule has 162 valence electrons. The summed E-state index contributed by atoms with van der Waals surface area (Å²) in [5.74, 6) is 0.900. The summed E-state index contributed by atoms with van der Waals surface area (Å²) in [6.07, 6.45) is 1.38. The SMILES string of the molecule is CC[C@@H](C)NC(=O)[C@@H](CC)N(Cc1ccccc1Cl)C(=O)CSCc1ccccc1. The fourth-order valence-electron chi connectivity index (χ4n) is 3.08. The second-order valence-corrected chi connectivity index (χ2v) is 8.73. The first-order chi connectivity index (χ1) is 14.5. The molecule has 6 heteroatoms. The van der Waals surface area contributed by atoms with Gasteiger partial charge in [0, 0.05) is 23.4 Å². The molecule has 0 aromatic heterocycles. The lowest BCUT2D eigenvalue weighted by atomic mass is 10.1. The topological polar surface area (TPSA) is 49.4 Å². The first kappa shape index (κ1) is 24.3. The normalized spacial score (nSPS) is 12.8. The van der Waals surface area contributed by atoms with E-state index in [1.807, 2.05) is 75.4 Å². The number of halogens is 1. The molecule has 1 N–H and O–H groups in total. The van der Waals surface area contributed by atoms with Gasteiger partial charge in [-0.2, -0.15) is 0 Å². The number of thioether (sulfide) groups is 1. The van der Waals surface area contributed by atoms with E-state index >= 15 is 0 Å². The monoisotopic (exact) mass is 446 g/mol. The van der Waals surface area contributed by atoms with Crippen LogP contribution in [0.25, 0.3) is 0 Å². The van der Waals surface area contributed by atoms with Crippen LogP contribution in [0.2, 0.25) is 5.02 Å². The Morgan fingerprint density at radius 3 is 2.33 bits per heavy atom. The van der Waals surface area contributed by atoms with Crippen molar-refractivity contribution >= 4 is 35.2 Å². The molecule has 0 heterocycles. The van der Waals surface area contributed by atoms with Crippen LogP contribution in [0.15, 0.2) is 54.6 Å². The molecule has 2 rings (SSSR count). The number of carbonyl (C=O) groups excluding carboxylic acids is 2. The Kier molecular flexibility index (Phi) is 10.2. The van der Waals surface area contributed by atoms with Crippen molar-refractivity contribution in [3.05, 3.63) is 70.7 Å². The third-order valence-corrected chi connectivity index (χ3v) is 6.38. The van der Waals surface area contributed by atoms with Crippen LogP contribution < -0.4 is 5.32 Å². The maximum absolute atomic E-state index is 13.2. The minimum atomic E-state index is -0.528. The van der Waals surface area contributed by atoms with Crippen molar-refractivity contribution in [2.75, 3.05) is 5.75 Å². The molecule has 0 bridgehead atoms. The zero-order valence-electron chi connectivity index (χ0n) is 17.9. The average Bonchev–Trinajstić information content (AvgIpc) is 2.75. The van der Waals surface area contributed by atoms with E-state index in [2.05, 4.69) is 5.32 Å². The Morgan fingerprint density at radius 2 is 1.70 bits per heavy atom. The highest BCUT2D eigenvalue weighted by Gasteiger charge is 2.29. The van der Waals surface area contributed by atoms with Gasteiger partial charge in [-0.15, -0.1) is 11.8 Å². The average molecular weight is 447 g/mol. The summed E-state index contributed by atoms with van der Waals surface area (Å²) >= 11 is 7.91. The molecule has 2 atom stereocenters. The van der Waals surface area contributed by atoms with Crippen molar-refractivity contribution in [1.82, 2.24) is 10.2 Å². The van der Waals surface area contributed by atoms with Gasteiger partial charge in [-0.05, 0) is 37.0 Å². The first-order valence-corrected chi connectivity index (χ1v) is 11.9. The van der Waals surface area contributed by atoms with Crippen molar-refractivity contribution in [2.24, 2.45) is 0 Å². The minimum absolute atomic E-state index is 0.0537. The van der Waals surface area contributed by atoms with Gasteiger partial charge >= 0.3 is 0 Å². The van der Waals surface area contributed by atoms with Crippen molar-refractivity contribution < 1.29 is 9.59 Å². The molecule has 0 fully saturated rings. The highest BCUT2D eigenvalue weighted by atomic mass is 35.5. The zero-order valence-corrected chi connectivity index (χ0v) is 19.5. The summed E-state index contributed by atoms with van der Waals surface area (Å²) in [6, 6.07) is 17.1. The Balaban J connectivity index is 2.15. The minimum Gasteiger partial charge on any atom is -0.352 e. The summed E-state index contributed by atoms with van der Waals surface area (Å²) in [5, 5.41) is 3.63. The van der Waals surface area contributed by atoms with E-state index < -0.39 is 6.04 Å². The summed E-state index contributed by atoms with van der Waals surface area (Å²) in [6.45, 7) is 6.25. The Hall–Kier alpha value is -1.98. The number of benzene rings is 2. The number of carbonyl (C=O) groups is 2. The van der Waals surface area contributed by atoms with Crippen LogP contribution in [0, 0.1) is 0 Å². The zero-order chi connectivity index (χ0) is 21.9. The fraction of sp³-hybridized carbons (Fsp3) is 0.417. The Labute approximate surface area is 189 Å². The van der Waals surface area contributed by atoms with Crippen LogP contribution in [-0.2, 0) is 21.9 Å². The predicted octanol–water partition coefficient (Wildman–Crippen LogP) is 5.30. The van der Waals surface area contributed by atoms with Gasteiger partial charge in [0.15, 0.2) is 0 Å². The predicted molar refractivity (Wildman–Crippen MR) is 127 cm³/mol. The molecule has 0 unspecified atom stereocenters. The lowest BCUT2D eigenvalue weighted by molar-refractivity contribution is -0.139. The van der Waals surface area contributed by atoms with E-state index in [0.29, 0.717) is 23.7 Å². The number of hydrogen-bond donors (Lipinski definition) is 1. The largest absolute Gasteiger partial charge is 0.352 e. The number of rotatable bonds is 11. The molecule has 0 saturated heterocycles. The van der Waals surface area contributed by atoms with E-state index in [-0.39, 0.29) is 17.9 Å². The quantitative estimate of drug-likeness (QED) is 0.509. The molecule has 0 aliphatic carbocycles. The van der Waals surface area contributed by atoms with Crippen LogP contribution in [0.3, 0.4) is 0 Å². The molecule has 2 aromatic carbocycles. The van der Waals surface area contributed by atoms with E-state index in [0.717, 1.165) is 17.7 Å². The number of nitrogens with one attached hydrogen (secondary N) is 1. The maximum Gasteiger partial charge on any atom is 0.243 e.